The van der Waals surface area contributed by atoms with Crippen molar-refractivity contribution in [1.82, 2.24) is 0 Å². The Morgan fingerprint density at radius 3 is 1.97 bits per heavy atom. The monoisotopic (exact) mass is 428 g/mol. The minimum Gasteiger partial charge on any atom is -0.469 e. The molecule has 0 saturated heterocycles. The maximum absolute atomic E-state index is 12.4. The van der Waals surface area contributed by atoms with E-state index in [2.05, 4.69) is 0 Å². The van der Waals surface area contributed by atoms with Crippen molar-refractivity contribution in [3.8, 4) is 0 Å². The molecule has 0 aliphatic heterocycles. The molecule has 0 aliphatic rings. The van der Waals surface area contributed by atoms with E-state index in [-0.39, 0.29) is 37.8 Å². The van der Waals surface area contributed by atoms with E-state index in [0.717, 1.165) is 11.1 Å². The molecule has 31 heavy (non-hydrogen) atoms. The van der Waals surface area contributed by atoms with E-state index in [1.807, 2.05) is 67.6 Å². The molecule has 3 atom stereocenters. The van der Waals surface area contributed by atoms with Crippen LogP contribution >= 0.6 is 0 Å². The van der Waals surface area contributed by atoms with Gasteiger partial charge in [-0.15, -0.1) is 0 Å². The summed E-state index contributed by atoms with van der Waals surface area (Å²) in [4.78, 5) is 24.1. The summed E-state index contributed by atoms with van der Waals surface area (Å²) in [5, 5.41) is 10.5. The third-order valence-corrected chi connectivity index (χ3v) is 4.98. The first kappa shape index (κ1) is 24.7. The second kappa shape index (κ2) is 13.7. The van der Waals surface area contributed by atoms with Crippen molar-refractivity contribution in [3.05, 3.63) is 71.8 Å². The molecule has 2 aromatic carbocycles. The van der Waals surface area contributed by atoms with Crippen LogP contribution in [0.1, 0.15) is 43.7 Å². The molecule has 0 unspecified atom stereocenters. The van der Waals surface area contributed by atoms with Gasteiger partial charge in [0.05, 0.1) is 45.1 Å². The quantitative estimate of drug-likeness (QED) is 0.461. The number of aliphatic hydroxyl groups is 1. The highest BCUT2D eigenvalue weighted by molar-refractivity contribution is 5.79. The van der Waals surface area contributed by atoms with Crippen molar-refractivity contribution < 1.29 is 28.9 Å². The highest BCUT2D eigenvalue weighted by Crippen LogP contribution is 2.15. The molecule has 0 fully saturated rings. The molecule has 0 aliphatic carbocycles. The van der Waals surface area contributed by atoms with Gasteiger partial charge in [-0.1, -0.05) is 60.7 Å². The number of ketones is 1. The maximum atomic E-state index is 12.4. The van der Waals surface area contributed by atoms with Crippen molar-refractivity contribution in [1.29, 1.82) is 0 Å². The van der Waals surface area contributed by atoms with Crippen LogP contribution in [0.5, 0.6) is 0 Å². The smallest absolute Gasteiger partial charge is 0.308 e. The van der Waals surface area contributed by atoms with Crippen LogP contribution in [0.3, 0.4) is 0 Å². The normalized spacial score (nSPS) is 13.9. The number of rotatable bonds is 14. The van der Waals surface area contributed by atoms with Crippen LogP contribution in [-0.2, 0) is 37.0 Å². The molecule has 0 radical (unpaired) electrons. The Balaban J connectivity index is 1.78. The fourth-order valence-electron chi connectivity index (χ4n) is 3.06. The first-order chi connectivity index (χ1) is 15.0. The minimum absolute atomic E-state index is 0.0815. The number of esters is 1. The molecule has 2 aromatic rings. The molecule has 1 N–H and O–H groups in total. The van der Waals surface area contributed by atoms with E-state index in [4.69, 9.17) is 14.2 Å². The number of hydrogen-bond acceptors (Lipinski definition) is 6. The average Bonchev–Trinajstić information content (AvgIpc) is 2.80. The van der Waals surface area contributed by atoms with Crippen LogP contribution in [0, 0.1) is 0 Å². The summed E-state index contributed by atoms with van der Waals surface area (Å²) in [6.07, 6.45) is -1.33. The summed E-state index contributed by atoms with van der Waals surface area (Å²) in [7, 11) is 1.28. The van der Waals surface area contributed by atoms with Gasteiger partial charge < -0.3 is 19.3 Å². The zero-order valence-corrected chi connectivity index (χ0v) is 18.2. The molecule has 0 spiro atoms. The van der Waals surface area contributed by atoms with E-state index in [1.54, 1.807) is 0 Å². The predicted molar refractivity (Wildman–Crippen MR) is 117 cm³/mol. The molecule has 6 heteroatoms. The van der Waals surface area contributed by atoms with Gasteiger partial charge in [0.15, 0.2) is 0 Å². The van der Waals surface area contributed by atoms with Crippen LogP contribution < -0.4 is 0 Å². The number of ether oxygens (including phenoxy) is 3. The highest BCUT2D eigenvalue weighted by Gasteiger charge is 2.26. The lowest BCUT2D eigenvalue weighted by Gasteiger charge is -2.22. The Hall–Kier alpha value is -2.54. The Labute approximate surface area is 184 Å². The van der Waals surface area contributed by atoms with Gasteiger partial charge in [0, 0.05) is 12.8 Å². The summed E-state index contributed by atoms with van der Waals surface area (Å²) in [6.45, 7) is 2.65. The number of benzene rings is 2. The van der Waals surface area contributed by atoms with Crippen molar-refractivity contribution in [2.45, 2.75) is 64.1 Å². The number of carbonyl (C=O) groups is 2. The zero-order chi connectivity index (χ0) is 22.5. The Kier molecular flexibility index (Phi) is 10.9. The summed E-state index contributed by atoms with van der Waals surface area (Å²) >= 11 is 0. The van der Waals surface area contributed by atoms with Gasteiger partial charge in [-0.3, -0.25) is 9.59 Å². The van der Waals surface area contributed by atoms with Crippen LogP contribution in [0.4, 0.5) is 0 Å². The molecule has 168 valence electrons. The number of aliphatic hydroxyl groups excluding tert-OH is 1. The number of methoxy groups -OCH3 is 1. The third-order valence-electron chi connectivity index (χ3n) is 4.98. The van der Waals surface area contributed by atoms with E-state index < -0.39 is 18.2 Å². The van der Waals surface area contributed by atoms with Crippen molar-refractivity contribution >= 4 is 11.8 Å². The lowest BCUT2D eigenvalue weighted by atomic mass is 10.0. The fraction of sp³-hybridized carbons (Fsp3) is 0.440. The Morgan fingerprint density at radius 2 is 1.42 bits per heavy atom. The highest BCUT2D eigenvalue weighted by atomic mass is 16.5. The van der Waals surface area contributed by atoms with Gasteiger partial charge in [0.1, 0.15) is 5.78 Å². The zero-order valence-electron chi connectivity index (χ0n) is 18.2. The number of Topliss-reactive ketones (excluding diaryl/α,β-unsaturated/α-hetero) is 1. The SMILES string of the molecule is COC(=O)C[C@H](OCc1ccccc1)[C@@H](O)CC(=O)CC[C@@H](C)OCc1ccccc1. The maximum Gasteiger partial charge on any atom is 0.308 e. The topological polar surface area (TPSA) is 82.1 Å². The van der Waals surface area contributed by atoms with E-state index in [1.165, 1.54) is 7.11 Å². The third kappa shape index (κ3) is 9.87. The van der Waals surface area contributed by atoms with Crippen LogP contribution in [0.25, 0.3) is 0 Å². The van der Waals surface area contributed by atoms with Crippen molar-refractivity contribution in [2.24, 2.45) is 0 Å². The molecular formula is C25H32O6. The number of hydrogen-bond donors (Lipinski definition) is 1. The summed E-state index contributed by atoms with van der Waals surface area (Å²) in [5.41, 5.74) is 2.00. The lowest BCUT2D eigenvalue weighted by Crippen LogP contribution is -2.33. The van der Waals surface area contributed by atoms with Gasteiger partial charge in [-0.2, -0.15) is 0 Å². The second-order valence-corrected chi connectivity index (χ2v) is 7.57. The second-order valence-electron chi connectivity index (χ2n) is 7.57. The first-order valence-electron chi connectivity index (χ1n) is 10.6. The molecule has 0 saturated carbocycles. The van der Waals surface area contributed by atoms with Gasteiger partial charge >= 0.3 is 5.97 Å². The van der Waals surface area contributed by atoms with Gasteiger partial charge in [0.25, 0.3) is 0 Å². The first-order valence-corrected chi connectivity index (χ1v) is 10.6. The van der Waals surface area contributed by atoms with E-state index in [9.17, 15) is 14.7 Å². The van der Waals surface area contributed by atoms with Gasteiger partial charge in [0.2, 0.25) is 0 Å². The lowest BCUT2D eigenvalue weighted by molar-refractivity contribution is -0.148. The summed E-state index contributed by atoms with van der Waals surface area (Å²) < 4.78 is 16.2. The molecule has 0 amide bonds. The standard InChI is InChI=1S/C25H32O6/c1-19(30-17-20-9-5-3-6-10-20)13-14-22(26)15-23(27)24(16-25(28)29-2)31-18-21-11-7-4-8-12-21/h3-12,19,23-24,27H,13-18H2,1-2H3/t19-,23+,24+/m1/s1. The van der Waals surface area contributed by atoms with E-state index >= 15 is 0 Å². The van der Waals surface area contributed by atoms with Gasteiger partial charge in [-0.25, -0.2) is 0 Å². The van der Waals surface area contributed by atoms with Crippen LogP contribution in [0.2, 0.25) is 0 Å². The molecule has 0 aromatic heterocycles. The molecular weight excluding hydrogens is 396 g/mol. The Morgan fingerprint density at radius 1 is 0.871 bits per heavy atom. The Bertz CT molecular complexity index is 777. The van der Waals surface area contributed by atoms with Crippen LogP contribution in [-0.4, -0.2) is 42.3 Å². The minimum atomic E-state index is -1.09. The molecule has 0 heterocycles. The molecule has 2 rings (SSSR count). The predicted octanol–water partition coefficient (Wildman–Crippen LogP) is 3.84. The van der Waals surface area contributed by atoms with Gasteiger partial charge in [-0.05, 0) is 24.5 Å². The largest absolute Gasteiger partial charge is 0.469 e. The summed E-state index contributed by atoms with van der Waals surface area (Å²) in [5.74, 6) is -0.590. The number of carbonyl (C=O) groups excluding carboxylic acids is 2. The van der Waals surface area contributed by atoms with Crippen molar-refractivity contribution in [2.75, 3.05) is 7.11 Å². The summed E-state index contributed by atoms with van der Waals surface area (Å²) in [6, 6.07) is 19.3. The van der Waals surface area contributed by atoms with Crippen LogP contribution in [0.15, 0.2) is 60.7 Å². The van der Waals surface area contributed by atoms with E-state index in [0.29, 0.717) is 13.0 Å². The molecule has 0 bridgehead atoms. The fourth-order valence-corrected chi connectivity index (χ4v) is 3.06. The average molecular weight is 429 g/mol. The molecule has 6 nitrogen and oxygen atoms in total. The van der Waals surface area contributed by atoms with Crippen molar-refractivity contribution in [3.63, 3.8) is 0 Å².